The number of ether oxygens (including phenoxy) is 1. The molecule has 31 heavy (non-hydrogen) atoms. The molecule has 0 bridgehead atoms. The van der Waals surface area contributed by atoms with E-state index < -0.39 is 0 Å². The Hall–Kier alpha value is -3.04. The van der Waals surface area contributed by atoms with E-state index in [0.717, 1.165) is 16.6 Å². The smallest absolute Gasteiger partial charge is 0.253 e. The summed E-state index contributed by atoms with van der Waals surface area (Å²) in [5.41, 5.74) is 1.20. The third kappa shape index (κ3) is 5.00. The number of nitrogens with zero attached hydrogens (tertiary/aromatic N) is 3. The lowest BCUT2D eigenvalue weighted by atomic mass is 10.2. The molecule has 1 aliphatic rings. The van der Waals surface area contributed by atoms with Crippen LogP contribution in [0.4, 0.5) is 9.52 Å². The van der Waals surface area contributed by atoms with Crippen molar-refractivity contribution in [3.8, 4) is 5.75 Å². The molecule has 0 spiro atoms. The molecule has 0 saturated carbocycles. The number of amides is 2. The normalized spacial score (nSPS) is 15.0. The number of rotatable bonds is 5. The number of nitrogens with one attached hydrogen (secondary N) is 1. The fourth-order valence-corrected chi connectivity index (χ4v) is 4.51. The van der Waals surface area contributed by atoms with Crippen molar-refractivity contribution >= 4 is 38.5 Å². The zero-order chi connectivity index (χ0) is 21.8. The van der Waals surface area contributed by atoms with E-state index in [1.165, 1.54) is 35.6 Å². The van der Waals surface area contributed by atoms with Gasteiger partial charge in [-0.1, -0.05) is 17.4 Å². The highest BCUT2D eigenvalue weighted by Crippen LogP contribution is 2.32. The van der Waals surface area contributed by atoms with Gasteiger partial charge in [-0.3, -0.25) is 14.5 Å². The number of para-hydroxylation sites is 1. The van der Waals surface area contributed by atoms with Crippen LogP contribution in [0.5, 0.6) is 5.75 Å². The van der Waals surface area contributed by atoms with Crippen molar-refractivity contribution in [1.82, 2.24) is 14.8 Å². The minimum absolute atomic E-state index is 0.116. The van der Waals surface area contributed by atoms with Gasteiger partial charge in [0.1, 0.15) is 17.1 Å². The summed E-state index contributed by atoms with van der Waals surface area (Å²) >= 11 is 1.40. The summed E-state index contributed by atoms with van der Waals surface area (Å²) in [6.07, 6.45) is 0.762. The van der Waals surface area contributed by atoms with Crippen LogP contribution in [0.1, 0.15) is 16.8 Å². The number of halogens is 1. The SMILES string of the molecule is COc1cccc2sc(NC(=O)CN3CCCN(C(=O)c4ccc(F)cc4)CC3)nc12. The fraction of sp³-hybridized carbons (Fsp3) is 0.318. The number of aromatic nitrogens is 1. The second-order valence-corrected chi connectivity index (χ2v) is 8.33. The first-order chi connectivity index (χ1) is 15.0. The molecular weight excluding hydrogens is 419 g/mol. The molecule has 0 aliphatic carbocycles. The number of hydrogen-bond donors (Lipinski definition) is 1. The van der Waals surface area contributed by atoms with Crippen LogP contribution in [0.15, 0.2) is 42.5 Å². The van der Waals surface area contributed by atoms with Crippen molar-refractivity contribution in [2.75, 3.05) is 45.2 Å². The lowest BCUT2D eigenvalue weighted by molar-refractivity contribution is -0.117. The molecule has 2 heterocycles. The molecule has 9 heteroatoms. The summed E-state index contributed by atoms with van der Waals surface area (Å²) in [4.78, 5) is 33.5. The lowest BCUT2D eigenvalue weighted by Gasteiger charge is -2.21. The van der Waals surface area contributed by atoms with Gasteiger partial charge in [0.15, 0.2) is 5.13 Å². The number of fused-ring (bicyclic) bond motifs is 1. The van der Waals surface area contributed by atoms with E-state index in [1.54, 1.807) is 12.0 Å². The first-order valence-corrected chi connectivity index (χ1v) is 10.9. The minimum atomic E-state index is -0.365. The van der Waals surface area contributed by atoms with Crippen LogP contribution in [0, 0.1) is 5.82 Å². The third-order valence-electron chi connectivity index (χ3n) is 5.18. The highest BCUT2D eigenvalue weighted by molar-refractivity contribution is 7.22. The van der Waals surface area contributed by atoms with Crippen molar-refractivity contribution in [1.29, 1.82) is 0 Å². The fourth-order valence-electron chi connectivity index (χ4n) is 3.61. The van der Waals surface area contributed by atoms with Gasteiger partial charge in [0.05, 0.1) is 18.4 Å². The molecule has 4 rings (SSSR count). The average Bonchev–Trinajstić information content (AvgIpc) is 3.03. The molecule has 162 valence electrons. The van der Waals surface area contributed by atoms with Crippen LogP contribution in [0.25, 0.3) is 10.2 Å². The van der Waals surface area contributed by atoms with Gasteiger partial charge in [0.25, 0.3) is 5.91 Å². The molecule has 1 saturated heterocycles. The molecule has 1 aromatic heterocycles. The van der Waals surface area contributed by atoms with Crippen molar-refractivity contribution in [3.05, 3.63) is 53.8 Å². The Bertz CT molecular complexity index is 1090. The van der Waals surface area contributed by atoms with Gasteiger partial charge in [-0.25, -0.2) is 9.37 Å². The maximum absolute atomic E-state index is 13.1. The largest absolute Gasteiger partial charge is 0.494 e. The summed E-state index contributed by atoms with van der Waals surface area (Å²) in [5, 5.41) is 3.41. The Balaban J connectivity index is 1.33. The predicted molar refractivity (Wildman–Crippen MR) is 118 cm³/mol. The number of methoxy groups -OCH3 is 1. The van der Waals surface area contributed by atoms with Gasteiger partial charge in [-0.05, 0) is 42.8 Å². The van der Waals surface area contributed by atoms with Crippen LogP contribution >= 0.6 is 11.3 Å². The highest BCUT2D eigenvalue weighted by Gasteiger charge is 2.22. The summed E-state index contributed by atoms with van der Waals surface area (Å²) in [6.45, 7) is 2.65. The van der Waals surface area contributed by atoms with E-state index in [2.05, 4.69) is 10.3 Å². The lowest BCUT2D eigenvalue weighted by Crippen LogP contribution is -2.38. The topological polar surface area (TPSA) is 74.8 Å². The summed E-state index contributed by atoms with van der Waals surface area (Å²) in [5.74, 6) is 0.0508. The van der Waals surface area contributed by atoms with E-state index >= 15 is 0 Å². The average molecular weight is 443 g/mol. The molecule has 3 aromatic rings. The predicted octanol–water partition coefficient (Wildman–Crippen LogP) is 3.23. The van der Waals surface area contributed by atoms with Gasteiger partial charge in [-0.2, -0.15) is 0 Å². The van der Waals surface area contributed by atoms with E-state index in [1.807, 2.05) is 23.1 Å². The molecule has 0 unspecified atom stereocenters. The molecular formula is C22H23FN4O3S. The first-order valence-electron chi connectivity index (χ1n) is 10.0. The van der Waals surface area contributed by atoms with Crippen molar-refractivity contribution in [2.45, 2.75) is 6.42 Å². The van der Waals surface area contributed by atoms with Crippen LogP contribution < -0.4 is 10.1 Å². The molecule has 2 amide bonds. The molecule has 7 nitrogen and oxygen atoms in total. The molecule has 0 atom stereocenters. The summed E-state index contributed by atoms with van der Waals surface area (Å²) < 4.78 is 19.4. The molecule has 1 N–H and O–H groups in total. The maximum atomic E-state index is 13.1. The van der Waals surface area contributed by atoms with Crippen molar-refractivity contribution < 1.29 is 18.7 Å². The first kappa shape index (κ1) is 21.2. The standard InChI is InChI=1S/C22H23FN4O3S/c1-30-17-4-2-5-18-20(17)25-22(31-18)24-19(28)14-26-10-3-11-27(13-12-26)21(29)15-6-8-16(23)9-7-15/h2,4-9H,3,10-14H2,1H3,(H,24,25,28). The Labute approximate surface area is 183 Å². The Morgan fingerprint density at radius 1 is 1.13 bits per heavy atom. The number of anilines is 1. The Morgan fingerprint density at radius 2 is 1.94 bits per heavy atom. The van der Waals surface area contributed by atoms with E-state index in [-0.39, 0.29) is 24.2 Å². The van der Waals surface area contributed by atoms with Gasteiger partial charge in [-0.15, -0.1) is 0 Å². The summed E-state index contributed by atoms with van der Waals surface area (Å²) in [7, 11) is 1.59. The summed E-state index contributed by atoms with van der Waals surface area (Å²) in [6, 6.07) is 11.2. The van der Waals surface area contributed by atoms with Crippen molar-refractivity contribution in [2.24, 2.45) is 0 Å². The van der Waals surface area contributed by atoms with Crippen LogP contribution in [0.3, 0.4) is 0 Å². The minimum Gasteiger partial charge on any atom is -0.494 e. The second-order valence-electron chi connectivity index (χ2n) is 7.30. The van der Waals surface area contributed by atoms with Gasteiger partial charge in [0.2, 0.25) is 5.91 Å². The molecule has 1 fully saturated rings. The van der Waals surface area contributed by atoms with Gasteiger partial charge >= 0.3 is 0 Å². The van der Waals surface area contributed by atoms with E-state index in [0.29, 0.717) is 42.6 Å². The van der Waals surface area contributed by atoms with Crippen LogP contribution in [-0.4, -0.2) is 66.4 Å². The molecule has 2 aromatic carbocycles. The third-order valence-corrected chi connectivity index (χ3v) is 6.12. The van der Waals surface area contributed by atoms with E-state index in [4.69, 9.17) is 4.74 Å². The second kappa shape index (κ2) is 9.40. The number of carbonyl (C=O) groups excluding carboxylic acids is 2. The van der Waals surface area contributed by atoms with E-state index in [9.17, 15) is 14.0 Å². The molecule has 0 radical (unpaired) electrons. The molecule has 1 aliphatic heterocycles. The maximum Gasteiger partial charge on any atom is 0.253 e. The number of hydrogen-bond acceptors (Lipinski definition) is 6. The van der Waals surface area contributed by atoms with Crippen molar-refractivity contribution in [3.63, 3.8) is 0 Å². The number of carbonyl (C=O) groups is 2. The van der Waals surface area contributed by atoms with Gasteiger partial charge in [0, 0.05) is 31.7 Å². The van der Waals surface area contributed by atoms with Gasteiger partial charge < -0.3 is 15.0 Å². The highest BCUT2D eigenvalue weighted by atomic mass is 32.1. The monoisotopic (exact) mass is 442 g/mol. The Kier molecular flexibility index (Phi) is 6.43. The number of benzene rings is 2. The zero-order valence-corrected chi connectivity index (χ0v) is 18.0. The quantitative estimate of drug-likeness (QED) is 0.657. The van der Waals surface area contributed by atoms with Crippen LogP contribution in [-0.2, 0) is 4.79 Å². The Morgan fingerprint density at radius 3 is 2.71 bits per heavy atom. The number of thiazole rings is 1. The van der Waals surface area contributed by atoms with Crippen LogP contribution in [0.2, 0.25) is 0 Å². The zero-order valence-electron chi connectivity index (χ0n) is 17.1.